The molecule has 23 heavy (non-hydrogen) atoms. The van der Waals surface area contributed by atoms with Gasteiger partial charge in [-0.3, -0.25) is 0 Å². The van der Waals surface area contributed by atoms with Crippen molar-refractivity contribution >= 4 is 0 Å². The third-order valence-electron chi connectivity index (χ3n) is 7.35. The van der Waals surface area contributed by atoms with Crippen LogP contribution in [0.1, 0.15) is 62.5 Å². The van der Waals surface area contributed by atoms with Gasteiger partial charge in [-0.2, -0.15) is 0 Å². The highest BCUT2D eigenvalue weighted by Gasteiger charge is 2.55. The van der Waals surface area contributed by atoms with E-state index in [0.29, 0.717) is 23.5 Å². The molecule has 2 saturated carbocycles. The molecule has 3 nitrogen and oxygen atoms in total. The van der Waals surface area contributed by atoms with Gasteiger partial charge in [0.15, 0.2) is 11.5 Å². The summed E-state index contributed by atoms with van der Waals surface area (Å²) in [7, 11) is 1.62. The standard InChI is InChI=1S/C20H28O3/c1-3-20-9-8-13-14(16(20)6-7-19(20)22)5-4-12-10-17(21)18(23-2)11-15(12)13/h10-11,13-14,16,19,21-22H,3-9H2,1-2H3/t13-,14+,16-,19-,20-/m0/s1. The molecule has 1 aromatic rings. The summed E-state index contributed by atoms with van der Waals surface area (Å²) in [5, 5.41) is 20.7. The maximum atomic E-state index is 10.6. The van der Waals surface area contributed by atoms with Crippen LogP contribution in [-0.4, -0.2) is 23.4 Å². The number of aromatic hydroxyl groups is 1. The minimum absolute atomic E-state index is 0.103. The Morgan fingerprint density at radius 1 is 1.22 bits per heavy atom. The zero-order valence-electron chi connectivity index (χ0n) is 14.2. The minimum atomic E-state index is -0.103. The third-order valence-corrected chi connectivity index (χ3v) is 7.35. The molecule has 0 amide bonds. The van der Waals surface area contributed by atoms with E-state index in [-0.39, 0.29) is 17.3 Å². The van der Waals surface area contributed by atoms with Crippen molar-refractivity contribution < 1.29 is 14.9 Å². The van der Waals surface area contributed by atoms with Gasteiger partial charge in [-0.15, -0.1) is 0 Å². The van der Waals surface area contributed by atoms with Crippen molar-refractivity contribution in [3.8, 4) is 11.5 Å². The number of rotatable bonds is 2. The maximum absolute atomic E-state index is 10.6. The van der Waals surface area contributed by atoms with Crippen LogP contribution in [0.2, 0.25) is 0 Å². The van der Waals surface area contributed by atoms with Crippen LogP contribution >= 0.6 is 0 Å². The molecule has 4 rings (SSSR count). The first kappa shape index (κ1) is 15.3. The SMILES string of the molecule is CC[C@]12CC[C@@H]3c4cc(OC)c(O)cc4CC[C@H]3[C@@H]1CC[C@@H]2O. The molecule has 0 unspecified atom stereocenters. The Morgan fingerprint density at radius 2 is 2.04 bits per heavy atom. The van der Waals surface area contributed by atoms with Gasteiger partial charge in [-0.25, -0.2) is 0 Å². The fourth-order valence-electron chi connectivity index (χ4n) is 6.21. The van der Waals surface area contributed by atoms with E-state index in [1.165, 1.54) is 24.0 Å². The molecule has 3 heteroatoms. The number of phenols is 1. The van der Waals surface area contributed by atoms with Crippen molar-refractivity contribution in [3.63, 3.8) is 0 Å². The second-order valence-electron chi connectivity index (χ2n) is 7.86. The van der Waals surface area contributed by atoms with Crippen LogP contribution in [0, 0.1) is 17.3 Å². The molecule has 126 valence electrons. The molecular formula is C20H28O3. The monoisotopic (exact) mass is 316 g/mol. The van der Waals surface area contributed by atoms with Crippen molar-refractivity contribution in [2.24, 2.45) is 17.3 Å². The van der Waals surface area contributed by atoms with Gasteiger partial charge >= 0.3 is 0 Å². The van der Waals surface area contributed by atoms with E-state index in [0.717, 1.165) is 32.1 Å². The molecule has 0 aliphatic heterocycles. The number of hydrogen-bond acceptors (Lipinski definition) is 3. The Kier molecular flexibility index (Phi) is 3.60. The molecule has 2 N–H and O–H groups in total. The van der Waals surface area contributed by atoms with Gasteiger partial charge in [0.2, 0.25) is 0 Å². The molecule has 1 aromatic carbocycles. The summed E-state index contributed by atoms with van der Waals surface area (Å²) >= 11 is 0. The van der Waals surface area contributed by atoms with Gasteiger partial charge in [0.25, 0.3) is 0 Å². The van der Waals surface area contributed by atoms with Gasteiger partial charge in [-0.1, -0.05) is 6.92 Å². The number of ether oxygens (including phenoxy) is 1. The van der Waals surface area contributed by atoms with Gasteiger partial charge < -0.3 is 14.9 Å². The summed E-state index contributed by atoms with van der Waals surface area (Å²) in [6.45, 7) is 2.26. The number of aliphatic hydroxyl groups excluding tert-OH is 1. The lowest BCUT2D eigenvalue weighted by atomic mass is 9.54. The summed E-state index contributed by atoms with van der Waals surface area (Å²) < 4.78 is 5.35. The van der Waals surface area contributed by atoms with Crippen molar-refractivity contribution in [1.82, 2.24) is 0 Å². The number of aryl methyl sites for hydroxylation is 1. The fraction of sp³-hybridized carbons (Fsp3) is 0.700. The van der Waals surface area contributed by atoms with Crippen LogP contribution in [0.15, 0.2) is 12.1 Å². The lowest BCUT2D eigenvalue weighted by Gasteiger charge is -2.51. The van der Waals surface area contributed by atoms with E-state index >= 15 is 0 Å². The summed E-state index contributed by atoms with van der Waals surface area (Å²) in [5.74, 6) is 2.78. The molecule has 0 heterocycles. The Labute approximate surface area is 138 Å². The number of benzene rings is 1. The molecule has 5 atom stereocenters. The Morgan fingerprint density at radius 3 is 2.78 bits per heavy atom. The van der Waals surface area contributed by atoms with Crippen molar-refractivity contribution in [3.05, 3.63) is 23.3 Å². The zero-order chi connectivity index (χ0) is 16.2. The largest absolute Gasteiger partial charge is 0.504 e. The topological polar surface area (TPSA) is 49.7 Å². The smallest absolute Gasteiger partial charge is 0.160 e. The summed E-state index contributed by atoms with van der Waals surface area (Å²) in [6, 6.07) is 3.99. The average Bonchev–Trinajstić information content (AvgIpc) is 2.91. The predicted molar refractivity (Wildman–Crippen MR) is 89.9 cm³/mol. The molecular weight excluding hydrogens is 288 g/mol. The number of fused-ring (bicyclic) bond motifs is 5. The van der Waals surface area contributed by atoms with Crippen LogP contribution in [0.5, 0.6) is 11.5 Å². The van der Waals surface area contributed by atoms with Crippen LogP contribution < -0.4 is 4.74 Å². The van der Waals surface area contributed by atoms with E-state index in [4.69, 9.17) is 4.74 Å². The first-order valence-electron chi connectivity index (χ1n) is 9.18. The van der Waals surface area contributed by atoms with E-state index in [1.54, 1.807) is 7.11 Å². The molecule has 0 aromatic heterocycles. The highest BCUT2D eigenvalue weighted by molar-refractivity contribution is 5.49. The number of aliphatic hydroxyl groups is 1. The molecule has 0 saturated heterocycles. The molecule has 0 radical (unpaired) electrons. The number of hydrogen-bond donors (Lipinski definition) is 2. The highest BCUT2D eigenvalue weighted by atomic mass is 16.5. The van der Waals surface area contributed by atoms with E-state index < -0.39 is 0 Å². The molecule has 2 fully saturated rings. The van der Waals surface area contributed by atoms with E-state index in [2.05, 4.69) is 13.0 Å². The minimum Gasteiger partial charge on any atom is -0.504 e. The molecule has 3 aliphatic carbocycles. The van der Waals surface area contributed by atoms with Crippen LogP contribution in [-0.2, 0) is 6.42 Å². The lowest BCUT2D eigenvalue weighted by molar-refractivity contribution is -0.0394. The van der Waals surface area contributed by atoms with Crippen molar-refractivity contribution in [1.29, 1.82) is 0 Å². The maximum Gasteiger partial charge on any atom is 0.160 e. The zero-order valence-corrected chi connectivity index (χ0v) is 14.2. The lowest BCUT2D eigenvalue weighted by Crippen LogP contribution is -2.45. The molecule has 0 spiro atoms. The first-order chi connectivity index (χ1) is 11.1. The fourth-order valence-corrected chi connectivity index (χ4v) is 6.21. The summed E-state index contributed by atoms with van der Waals surface area (Å²) in [6.07, 6.45) is 7.70. The van der Waals surface area contributed by atoms with Crippen LogP contribution in [0.3, 0.4) is 0 Å². The van der Waals surface area contributed by atoms with Gasteiger partial charge in [0, 0.05) is 0 Å². The van der Waals surface area contributed by atoms with Gasteiger partial charge in [0.1, 0.15) is 0 Å². The highest BCUT2D eigenvalue weighted by Crippen LogP contribution is 2.62. The van der Waals surface area contributed by atoms with E-state index in [1.807, 2.05) is 6.07 Å². The summed E-state index contributed by atoms with van der Waals surface area (Å²) in [5.41, 5.74) is 2.86. The molecule has 0 bridgehead atoms. The number of phenolic OH excluding ortho intramolecular Hbond substituents is 1. The predicted octanol–water partition coefficient (Wildman–Crippen LogP) is 4.01. The normalized spacial score (nSPS) is 38.6. The van der Waals surface area contributed by atoms with Gasteiger partial charge in [0.05, 0.1) is 13.2 Å². The van der Waals surface area contributed by atoms with Crippen LogP contribution in [0.4, 0.5) is 0 Å². The van der Waals surface area contributed by atoms with Gasteiger partial charge in [-0.05, 0) is 91.4 Å². The Hall–Kier alpha value is -1.22. The van der Waals surface area contributed by atoms with E-state index in [9.17, 15) is 10.2 Å². The Balaban J connectivity index is 1.72. The average molecular weight is 316 g/mol. The van der Waals surface area contributed by atoms with Crippen LogP contribution in [0.25, 0.3) is 0 Å². The summed E-state index contributed by atoms with van der Waals surface area (Å²) in [4.78, 5) is 0. The second-order valence-corrected chi connectivity index (χ2v) is 7.86. The third kappa shape index (κ3) is 2.05. The second kappa shape index (κ2) is 5.41. The quantitative estimate of drug-likeness (QED) is 0.867. The number of methoxy groups -OCH3 is 1. The van der Waals surface area contributed by atoms with Crippen molar-refractivity contribution in [2.45, 2.75) is 63.9 Å². The first-order valence-corrected chi connectivity index (χ1v) is 9.18. The van der Waals surface area contributed by atoms with Crippen molar-refractivity contribution in [2.75, 3.05) is 7.11 Å². The Bertz CT molecular complexity index is 611. The molecule has 3 aliphatic rings.